The van der Waals surface area contributed by atoms with Gasteiger partial charge in [0, 0.05) is 12.0 Å². The Morgan fingerprint density at radius 3 is 2.29 bits per heavy atom. The summed E-state index contributed by atoms with van der Waals surface area (Å²) >= 11 is 12.6. The van der Waals surface area contributed by atoms with Crippen LogP contribution in [0.25, 0.3) is 0 Å². The largest absolute Gasteiger partial charge is 0.313 e. The van der Waals surface area contributed by atoms with Crippen molar-refractivity contribution < 1.29 is 0 Å². The Hall–Kier alpha value is -0.730. The lowest BCUT2D eigenvalue weighted by Gasteiger charge is -2.32. The minimum absolute atomic E-state index is 0. The van der Waals surface area contributed by atoms with Gasteiger partial charge < -0.3 is 5.32 Å². The van der Waals surface area contributed by atoms with Crippen molar-refractivity contribution in [3.05, 3.63) is 69.2 Å². The molecule has 0 fully saturated rings. The van der Waals surface area contributed by atoms with Gasteiger partial charge >= 0.3 is 0 Å². The van der Waals surface area contributed by atoms with Crippen molar-refractivity contribution in [1.82, 2.24) is 5.32 Å². The maximum atomic E-state index is 6.42. The zero-order valence-corrected chi connectivity index (χ0v) is 14.1. The fraction of sp³-hybridized carbons (Fsp3) is 0.294. The third-order valence-electron chi connectivity index (χ3n) is 4.20. The first kappa shape index (κ1) is 16.6. The smallest absolute Gasteiger partial charge is 0.0630 e. The second-order valence-electron chi connectivity index (χ2n) is 5.24. The van der Waals surface area contributed by atoms with Crippen LogP contribution in [-0.4, -0.2) is 7.05 Å². The Kier molecular flexibility index (Phi) is 5.56. The van der Waals surface area contributed by atoms with Crippen LogP contribution in [0.15, 0.2) is 42.5 Å². The number of benzene rings is 2. The topological polar surface area (TPSA) is 12.0 Å². The highest BCUT2D eigenvalue weighted by Crippen LogP contribution is 2.44. The van der Waals surface area contributed by atoms with Crippen LogP contribution in [0.3, 0.4) is 0 Å². The molecule has 0 bridgehead atoms. The van der Waals surface area contributed by atoms with Gasteiger partial charge in [-0.2, -0.15) is 0 Å². The summed E-state index contributed by atoms with van der Waals surface area (Å²) in [6, 6.07) is 15.0. The van der Waals surface area contributed by atoms with Gasteiger partial charge in [-0.05, 0) is 42.6 Å². The van der Waals surface area contributed by atoms with Crippen LogP contribution in [0.1, 0.15) is 41.5 Å². The monoisotopic (exact) mass is 341 g/mol. The number of hydrogen-bond acceptors (Lipinski definition) is 1. The van der Waals surface area contributed by atoms with Gasteiger partial charge in [-0.3, -0.25) is 0 Å². The highest BCUT2D eigenvalue weighted by atomic mass is 35.5. The van der Waals surface area contributed by atoms with Crippen LogP contribution in [0.5, 0.6) is 0 Å². The van der Waals surface area contributed by atoms with E-state index in [0.717, 1.165) is 18.4 Å². The van der Waals surface area contributed by atoms with Crippen LogP contribution >= 0.6 is 35.6 Å². The van der Waals surface area contributed by atoms with Gasteiger partial charge in [0.05, 0.1) is 10.0 Å². The zero-order chi connectivity index (χ0) is 14.1. The Morgan fingerprint density at radius 2 is 1.57 bits per heavy atom. The molecule has 0 unspecified atom stereocenters. The van der Waals surface area contributed by atoms with Crippen LogP contribution in [-0.2, 0) is 0 Å². The maximum Gasteiger partial charge on any atom is 0.0630 e. The molecular formula is C17H18Cl3N. The lowest BCUT2D eigenvalue weighted by atomic mass is 9.77. The summed E-state index contributed by atoms with van der Waals surface area (Å²) in [7, 11) is 2.02. The molecule has 0 heterocycles. The first-order valence-electron chi connectivity index (χ1n) is 6.92. The molecule has 0 saturated carbocycles. The summed E-state index contributed by atoms with van der Waals surface area (Å²) in [5.74, 6) is 0.335. The van der Waals surface area contributed by atoms with Crippen molar-refractivity contribution in [1.29, 1.82) is 0 Å². The van der Waals surface area contributed by atoms with Gasteiger partial charge in [-0.15, -0.1) is 12.4 Å². The number of nitrogens with one attached hydrogen (secondary N) is 1. The van der Waals surface area contributed by atoms with Gasteiger partial charge in [-0.25, -0.2) is 0 Å². The predicted molar refractivity (Wildman–Crippen MR) is 93.0 cm³/mol. The van der Waals surface area contributed by atoms with E-state index in [1.165, 1.54) is 11.1 Å². The van der Waals surface area contributed by atoms with Gasteiger partial charge in [-0.1, -0.05) is 59.6 Å². The first-order chi connectivity index (χ1) is 9.72. The van der Waals surface area contributed by atoms with E-state index in [9.17, 15) is 0 Å². The number of halogens is 3. The second kappa shape index (κ2) is 7.02. The van der Waals surface area contributed by atoms with Crippen molar-refractivity contribution >= 4 is 35.6 Å². The summed E-state index contributed by atoms with van der Waals surface area (Å²) in [5.41, 5.74) is 3.88. The molecule has 1 aliphatic rings. The Balaban J connectivity index is 0.00000161. The molecule has 2 atom stereocenters. The van der Waals surface area contributed by atoms with E-state index in [1.54, 1.807) is 0 Å². The SMILES string of the molecule is CN[C@@H]1CC[C@H](c2cccc(Cl)c2Cl)c2ccccc21.Cl. The fourth-order valence-corrected chi connectivity index (χ4v) is 3.64. The third-order valence-corrected chi connectivity index (χ3v) is 5.03. The van der Waals surface area contributed by atoms with Crippen molar-refractivity contribution in [2.45, 2.75) is 24.8 Å². The standard InChI is InChI=1S/C17H17Cl2N.ClH/c1-20-16-10-9-12(11-5-2-3-6-13(11)16)14-7-4-8-15(18)17(14)19;/h2-8,12,16,20H,9-10H2,1H3;1H/t12-,16+;/m0./s1. The van der Waals surface area contributed by atoms with Gasteiger partial charge in [0.1, 0.15) is 0 Å². The average Bonchev–Trinajstić information content (AvgIpc) is 2.49. The van der Waals surface area contributed by atoms with E-state index in [2.05, 4.69) is 35.6 Å². The van der Waals surface area contributed by atoms with E-state index < -0.39 is 0 Å². The summed E-state index contributed by atoms with van der Waals surface area (Å²) in [6.45, 7) is 0. The average molecular weight is 343 g/mol. The summed E-state index contributed by atoms with van der Waals surface area (Å²) in [5, 5.41) is 4.73. The summed E-state index contributed by atoms with van der Waals surface area (Å²) < 4.78 is 0. The van der Waals surface area contributed by atoms with Crippen molar-refractivity contribution in [3.63, 3.8) is 0 Å². The first-order valence-corrected chi connectivity index (χ1v) is 7.68. The van der Waals surface area contributed by atoms with E-state index in [1.807, 2.05) is 19.2 Å². The minimum Gasteiger partial charge on any atom is -0.313 e. The molecule has 2 aromatic rings. The lowest BCUT2D eigenvalue weighted by molar-refractivity contribution is 0.471. The minimum atomic E-state index is 0. The molecule has 0 aliphatic heterocycles. The Bertz CT molecular complexity index is 627. The molecule has 1 nitrogen and oxygen atoms in total. The van der Waals surface area contributed by atoms with E-state index in [4.69, 9.17) is 23.2 Å². The van der Waals surface area contributed by atoms with Gasteiger partial charge in [0.2, 0.25) is 0 Å². The summed E-state index contributed by atoms with van der Waals surface area (Å²) in [6.07, 6.45) is 2.20. The molecule has 21 heavy (non-hydrogen) atoms. The molecule has 2 aromatic carbocycles. The zero-order valence-electron chi connectivity index (χ0n) is 11.8. The Morgan fingerprint density at radius 1 is 0.905 bits per heavy atom. The second-order valence-corrected chi connectivity index (χ2v) is 6.03. The number of hydrogen-bond donors (Lipinski definition) is 1. The van der Waals surface area contributed by atoms with Gasteiger partial charge in [0.15, 0.2) is 0 Å². The van der Waals surface area contributed by atoms with E-state index in [0.29, 0.717) is 22.0 Å². The molecule has 0 aromatic heterocycles. The quantitative estimate of drug-likeness (QED) is 0.749. The maximum absolute atomic E-state index is 6.42. The van der Waals surface area contributed by atoms with Gasteiger partial charge in [0.25, 0.3) is 0 Å². The molecule has 1 N–H and O–H groups in total. The molecule has 1 aliphatic carbocycles. The Labute approximate surface area is 142 Å². The van der Waals surface area contributed by atoms with Crippen LogP contribution in [0, 0.1) is 0 Å². The highest BCUT2D eigenvalue weighted by Gasteiger charge is 2.28. The molecule has 0 spiro atoms. The molecule has 4 heteroatoms. The van der Waals surface area contributed by atoms with Crippen LogP contribution in [0.4, 0.5) is 0 Å². The highest BCUT2D eigenvalue weighted by molar-refractivity contribution is 6.42. The molecule has 3 rings (SSSR count). The van der Waals surface area contributed by atoms with Crippen molar-refractivity contribution in [2.75, 3.05) is 7.05 Å². The molecule has 0 radical (unpaired) electrons. The summed E-state index contributed by atoms with van der Waals surface area (Å²) in [4.78, 5) is 0. The number of fused-ring (bicyclic) bond motifs is 1. The number of rotatable bonds is 2. The normalized spacial score (nSPS) is 20.5. The van der Waals surface area contributed by atoms with Crippen molar-refractivity contribution in [2.24, 2.45) is 0 Å². The molecular weight excluding hydrogens is 325 g/mol. The van der Waals surface area contributed by atoms with Crippen LogP contribution in [0.2, 0.25) is 10.0 Å². The molecule has 0 saturated heterocycles. The lowest BCUT2D eigenvalue weighted by Crippen LogP contribution is -2.24. The predicted octanol–water partition coefficient (Wildman–Crippen LogP) is 5.60. The molecule has 112 valence electrons. The van der Waals surface area contributed by atoms with Crippen LogP contribution < -0.4 is 5.32 Å². The fourth-order valence-electron chi connectivity index (χ4n) is 3.20. The molecule has 0 amide bonds. The third kappa shape index (κ3) is 3.07. The van der Waals surface area contributed by atoms with Crippen molar-refractivity contribution in [3.8, 4) is 0 Å². The van der Waals surface area contributed by atoms with E-state index in [-0.39, 0.29) is 12.4 Å². The van der Waals surface area contributed by atoms with E-state index >= 15 is 0 Å².